The minimum Gasteiger partial charge on any atom is -0.550 e. The standard InChI is InChI=1S/C21H24O6.C3H6O2/c1-24-18-7-5-13(11-20(18)26-3)8-15-12-27-21(23)16(15)9-14-4-6-17(22)19(10-14)25-2;1-2-3(4)5/h4-7,10-11,15-16,22H,8-9,12H2,1-3H3;2H2,1H3,(H,4,5)/p-1/t15-,16+;/m0./s1. The molecule has 1 aliphatic rings. The second-order valence-electron chi connectivity index (χ2n) is 7.33. The summed E-state index contributed by atoms with van der Waals surface area (Å²) in [5.41, 5.74) is 1.98. The number of carbonyl (C=O) groups excluding carboxylic acids is 2. The second kappa shape index (κ2) is 11.8. The van der Waals surface area contributed by atoms with Gasteiger partial charge in [-0.15, -0.1) is 0 Å². The van der Waals surface area contributed by atoms with Crippen LogP contribution in [-0.2, 0) is 27.2 Å². The van der Waals surface area contributed by atoms with Gasteiger partial charge in [0.2, 0.25) is 0 Å². The van der Waals surface area contributed by atoms with Crippen LogP contribution in [0.25, 0.3) is 0 Å². The van der Waals surface area contributed by atoms with E-state index in [2.05, 4.69) is 0 Å². The third-order valence-electron chi connectivity index (χ3n) is 5.25. The Hall–Kier alpha value is -3.42. The Bertz CT molecular complexity index is 924. The summed E-state index contributed by atoms with van der Waals surface area (Å²) in [6.45, 7) is 1.93. The summed E-state index contributed by atoms with van der Waals surface area (Å²) in [6.07, 6.45) is 1.35. The van der Waals surface area contributed by atoms with Crippen LogP contribution in [0.4, 0.5) is 0 Å². The highest BCUT2D eigenvalue weighted by Crippen LogP contribution is 2.34. The van der Waals surface area contributed by atoms with Crippen molar-refractivity contribution in [3.8, 4) is 23.0 Å². The Kier molecular flexibility index (Phi) is 9.19. The molecule has 0 unspecified atom stereocenters. The van der Waals surface area contributed by atoms with E-state index in [9.17, 15) is 19.8 Å². The number of cyclic esters (lactones) is 1. The first-order valence-corrected chi connectivity index (χ1v) is 10.3. The number of hydrogen-bond acceptors (Lipinski definition) is 8. The van der Waals surface area contributed by atoms with Gasteiger partial charge in [0.15, 0.2) is 23.0 Å². The van der Waals surface area contributed by atoms with Gasteiger partial charge in [-0.25, -0.2) is 0 Å². The molecule has 0 aromatic heterocycles. The first-order valence-electron chi connectivity index (χ1n) is 10.3. The van der Waals surface area contributed by atoms with Crippen molar-refractivity contribution >= 4 is 11.9 Å². The van der Waals surface area contributed by atoms with Crippen molar-refractivity contribution in [3.05, 3.63) is 47.5 Å². The maximum absolute atomic E-state index is 12.3. The topological polar surface area (TPSA) is 114 Å². The van der Waals surface area contributed by atoms with E-state index in [1.54, 1.807) is 32.4 Å². The zero-order chi connectivity index (χ0) is 23.7. The number of aliphatic carboxylic acids is 1. The van der Waals surface area contributed by atoms with Gasteiger partial charge in [-0.1, -0.05) is 19.1 Å². The summed E-state index contributed by atoms with van der Waals surface area (Å²) >= 11 is 0. The molecule has 1 heterocycles. The van der Waals surface area contributed by atoms with Gasteiger partial charge in [0.05, 0.1) is 33.9 Å². The molecule has 0 radical (unpaired) electrons. The summed E-state index contributed by atoms with van der Waals surface area (Å²) in [4.78, 5) is 21.5. The van der Waals surface area contributed by atoms with Crippen LogP contribution < -0.4 is 19.3 Å². The average molecular weight is 445 g/mol. The Morgan fingerprint density at radius 2 is 1.56 bits per heavy atom. The lowest BCUT2D eigenvalue weighted by Gasteiger charge is -2.17. The van der Waals surface area contributed by atoms with E-state index in [1.807, 2.05) is 18.2 Å². The molecule has 2 aromatic carbocycles. The molecule has 0 spiro atoms. The minimum absolute atomic E-state index is 0.0652. The summed E-state index contributed by atoms with van der Waals surface area (Å²) in [6, 6.07) is 10.9. The molecule has 3 rings (SSSR count). The van der Waals surface area contributed by atoms with Crippen molar-refractivity contribution < 1.29 is 38.7 Å². The largest absolute Gasteiger partial charge is 0.550 e. The first-order chi connectivity index (χ1) is 15.3. The number of rotatable bonds is 8. The predicted molar refractivity (Wildman–Crippen MR) is 115 cm³/mol. The Labute approximate surface area is 187 Å². The van der Waals surface area contributed by atoms with Crippen LogP contribution in [-0.4, -0.2) is 45.0 Å². The highest BCUT2D eigenvalue weighted by atomic mass is 16.5. The number of esters is 1. The molecule has 0 bridgehead atoms. The molecule has 8 nitrogen and oxygen atoms in total. The van der Waals surface area contributed by atoms with E-state index in [0.717, 1.165) is 11.1 Å². The molecule has 1 N–H and O–H groups in total. The van der Waals surface area contributed by atoms with Gasteiger partial charge >= 0.3 is 5.97 Å². The lowest BCUT2D eigenvalue weighted by molar-refractivity contribution is -0.305. The number of ether oxygens (including phenoxy) is 4. The molecule has 0 saturated carbocycles. The highest BCUT2D eigenvalue weighted by Gasteiger charge is 2.37. The number of carboxylic acids is 1. The summed E-state index contributed by atoms with van der Waals surface area (Å²) in [7, 11) is 4.70. The van der Waals surface area contributed by atoms with E-state index in [-0.39, 0.29) is 30.0 Å². The fraction of sp³-hybridized carbons (Fsp3) is 0.417. The van der Waals surface area contributed by atoms with Crippen LogP contribution in [0.5, 0.6) is 23.0 Å². The van der Waals surface area contributed by atoms with Gasteiger partial charge in [-0.05, 0) is 54.7 Å². The van der Waals surface area contributed by atoms with E-state index in [4.69, 9.17) is 18.9 Å². The molecule has 32 heavy (non-hydrogen) atoms. The summed E-state index contributed by atoms with van der Waals surface area (Å²) in [5.74, 6) is 0.459. The zero-order valence-corrected chi connectivity index (χ0v) is 18.8. The van der Waals surface area contributed by atoms with Gasteiger partial charge < -0.3 is 34.0 Å². The molecule has 8 heteroatoms. The normalized spacial score (nSPS) is 17.1. The monoisotopic (exact) mass is 445 g/mol. The predicted octanol–water partition coefficient (Wildman–Crippen LogP) is 2.14. The third kappa shape index (κ3) is 6.54. The molecule has 174 valence electrons. The number of phenols is 1. The van der Waals surface area contributed by atoms with Crippen LogP contribution >= 0.6 is 0 Å². The number of benzene rings is 2. The lowest BCUT2D eigenvalue weighted by atomic mass is 9.85. The van der Waals surface area contributed by atoms with E-state index in [1.165, 1.54) is 14.0 Å². The highest BCUT2D eigenvalue weighted by molar-refractivity contribution is 5.75. The number of aromatic hydroxyl groups is 1. The Balaban J connectivity index is 0.000000654. The first kappa shape index (κ1) is 24.8. The number of hydrogen-bond donors (Lipinski definition) is 1. The van der Waals surface area contributed by atoms with Crippen LogP contribution in [0.3, 0.4) is 0 Å². The number of carboxylic acid groups (broad SMARTS) is 1. The van der Waals surface area contributed by atoms with Crippen molar-refractivity contribution in [2.45, 2.75) is 26.2 Å². The minimum atomic E-state index is -0.995. The van der Waals surface area contributed by atoms with Crippen LogP contribution in [0.1, 0.15) is 24.5 Å². The average Bonchev–Trinajstić information content (AvgIpc) is 3.14. The van der Waals surface area contributed by atoms with Gasteiger partial charge in [0.1, 0.15) is 0 Å². The van der Waals surface area contributed by atoms with Gasteiger partial charge in [0, 0.05) is 11.9 Å². The molecular formula is C24H29O8-. The van der Waals surface area contributed by atoms with Crippen LogP contribution in [0.2, 0.25) is 0 Å². The maximum atomic E-state index is 12.3. The lowest BCUT2D eigenvalue weighted by Crippen LogP contribution is -2.20. The maximum Gasteiger partial charge on any atom is 0.309 e. The SMILES string of the molecule is CCC(=O)[O-].COc1cc(C[C@H]2C(=O)OC[C@@H]2Cc2ccc(OC)c(OC)c2)ccc1O. The number of methoxy groups -OCH3 is 3. The van der Waals surface area contributed by atoms with Crippen LogP contribution in [0.15, 0.2) is 36.4 Å². The van der Waals surface area contributed by atoms with Gasteiger partial charge in [0.25, 0.3) is 0 Å². The van der Waals surface area contributed by atoms with Crippen molar-refractivity contribution in [2.75, 3.05) is 27.9 Å². The fourth-order valence-corrected chi connectivity index (χ4v) is 3.47. The van der Waals surface area contributed by atoms with E-state index < -0.39 is 5.97 Å². The van der Waals surface area contributed by atoms with Crippen molar-refractivity contribution in [1.82, 2.24) is 0 Å². The van der Waals surface area contributed by atoms with Gasteiger partial charge in [-0.3, -0.25) is 4.79 Å². The van der Waals surface area contributed by atoms with E-state index >= 15 is 0 Å². The number of carbonyl (C=O) groups is 2. The van der Waals surface area contributed by atoms with Crippen LogP contribution in [0, 0.1) is 11.8 Å². The fourth-order valence-electron chi connectivity index (χ4n) is 3.47. The van der Waals surface area contributed by atoms with Crippen molar-refractivity contribution in [2.24, 2.45) is 11.8 Å². The molecule has 0 aliphatic carbocycles. The Morgan fingerprint density at radius 1 is 1.00 bits per heavy atom. The van der Waals surface area contributed by atoms with Crippen molar-refractivity contribution in [1.29, 1.82) is 0 Å². The second-order valence-corrected chi connectivity index (χ2v) is 7.33. The van der Waals surface area contributed by atoms with E-state index in [0.29, 0.717) is 36.7 Å². The zero-order valence-electron chi connectivity index (χ0n) is 18.8. The molecule has 2 atom stereocenters. The molecule has 1 saturated heterocycles. The van der Waals surface area contributed by atoms with Gasteiger partial charge in [-0.2, -0.15) is 0 Å². The molecular weight excluding hydrogens is 416 g/mol. The number of phenolic OH excluding ortho intramolecular Hbond substituents is 1. The molecule has 0 amide bonds. The smallest absolute Gasteiger partial charge is 0.309 e. The molecule has 2 aromatic rings. The quantitative estimate of drug-likeness (QED) is 0.615. The van der Waals surface area contributed by atoms with Crippen molar-refractivity contribution in [3.63, 3.8) is 0 Å². The molecule has 1 fully saturated rings. The summed E-state index contributed by atoms with van der Waals surface area (Å²) in [5, 5.41) is 19.0. The summed E-state index contributed by atoms with van der Waals surface area (Å²) < 4.78 is 21.1. The molecule has 1 aliphatic heterocycles. The third-order valence-corrected chi connectivity index (χ3v) is 5.25. The Morgan fingerprint density at radius 3 is 2.16 bits per heavy atom.